The van der Waals surface area contributed by atoms with Crippen LogP contribution < -0.4 is 15.2 Å². The predicted molar refractivity (Wildman–Crippen MR) is 79.4 cm³/mol. The van der Waals surface area contributed by atoms with Crippen LogP contribution in [0.25, 0.3) is 0 Å². The molecular formula is C14H13N3O3S. The maximum Gasteiger partial charge on any atom is 0.263 e. The molecule has 0 heterocycles. The van der Waals surface area contributed by atoms with Gasteiger partial charge >= 0.3 is 0 Å². The Balaban J connectivity index is 2.36. The third-order valence-corrected chi connectivity index (χ3v) is 4.21. The number of nitrogens with zero attached hydrogens (tertiary/aromatic N) is 1. The molecule has 3 N–H and O–H groups in total. The van der Waals surface area contributed by atoms with Crippen molar-refractivity contribution in [3.8, 4) is 11.8 Å². The standard InChI is InChI=1S/C14H13N3O3S/c1-20-12-5-6-14(13(16)8-12)21(18,19)17-11-4-2-3-10(7-11)9-15/h2-8,17H,16H2,1H3. The average Bonchev–Trinajstić information content (AvgIpc) is 2.46. The number of nitrogens with two attached hydrogens (primary N) is 1. The van der Waals surface area contributed by atoms with Crippen molar-refractivity contribution in [1.29, 1.82) is 5.26 Å². The molecule has 0 aliphatic carbocycles. The van der Waals surface area contributed by atoms with Crippen LogP contribution in [0.15, 0.2) is 47.4 Å². The lowest BCUT2D eigenvalue weighted by atomic mass is 10.2. The topological polar surface area (TPSA) is 105 Å². The van der Waals surface area contributed by atoms with Gasteiger partial charge in [-0.2, -0.15) is 5.26 Å². The molecule has 0 bridgehead atoms. The highest BCUT2D eigenvalue weighted by molar-refractivity contribution is 7.92. The van der Waals surface area contributed by atoms with Crippen molar-refractivity contribution in [3.05, 3.63) is 48.0 Å². The molecule has 0 aromatic heterocycles. The first-order valence-corrected chi connectivity index (χ1v) is 7.41. The Labute approximate surface area is 122 Å². The van der Waals surface area contributed by atoms with Crippen LogP contribution in [0, 0.1) is 11.3 Å². The van der Waals surface area contributed by atoms with Gasteiger partial charge in [-0.3, -0.25) is 4.72 Å². The van der Waals surface area contributed by atoms with Gasteiger partial charge in [0.2, 0.25) is 0 Å². The van der Waals surface area contributed by atoms with E-state index in [-0.39, 0.29) is 10.6 Å². The summed E-state index contributed by atoms with van der Waals surface area (Å²) >= 11 is 0. The minimum Gasteiger partial charge on any atom is -0.497 e. The summed E-state index contributed by atoms with van der Waals surface area (Å²) in [4.78, 5) is -0.0503. The molecule has 7 heteroatoms. The molecule has 2 aromatic rings. The lowest BCUT2D eigenvalue weighted by Gasteiger charge is -2.11. The van der Waals surface area contributed by atoms with E-state index in [0.29, 0.717) is 17.0 Å². The van der Waals surface area contributed by atoms with Crippen LogP contribution in [-0.4, -0.2) is 15.5 Å². The van der Waals surface area contributed by atoms with E-state index in [1.165, 1.54) is 31.4 Å². The van der Waals surface area contributed by atoms with Crippen LogP contribution in [0.1, 0.15) is 5.56 Å². The van der Waals surface area contributed by atoms with Gasteiger partial charge in [0.1, 0.15) is 10.6 Å². The Morgan fingerprint density at radius 3 is 2.62 bits per heavy atom. The minimum absolute atomic E-state index is 0.0503. The Bertz CT molecular complexity index is 810. The van der Waals surface area contributed by atoms with Gasteiger partial charge in [0.25, 0.3) is 10.0 Å². The summed E-state index contributed by atoms with van der Waals surface area (Å²) in [6.45, 7) is 0. The first-order valence-electron chi connectivity index (χ1n) is 5.93. The Kier molecular flexibility index (Phi) is 4.00. The molecule has 0 fully saturated rings. The van der Waals surface area contributed by atoms with Gasteiger partial charge < -0.3 is 10.5 Å². The van der Waals surface area contributed by atoms with Crippen molar-refractivity contribution in [1.82, 2.24) is 0 Å². The van der Waals surface area contributed by atoms with Crippen LogP contribution in [-0.2, 0) is 10.0 Å². The van der Waals surface area contributed by atoms with Crippen molar-refractivity contribution >= 4 is 21.4 Å². The van der Waals surface area contributed by atoms with Gasteiger partial charge in [-0.15, -0.1) is 0 Å². The molecule has 0 aliphatic heterocycles. The Hall–Kier alpha value is -2.72. The third-order valence-electron chi connectivity index (χ3n) is 2.75. The zero-order chi connectivity index (χ0) is 15.5. The number of anilines is 2. The van der Waals surface area contributed by atoms with Crippen molar-refractivity contribution in [2.75, 3.05) is 17.6 Å². The number of ether oxygens (including phenoxy) is 1. The average molecular weight is 303 g/mol. The number of benzene rings is 2. The summed E-state index contributed by atoms with van der Waals surface area (Å²) in [7, 11) is -2.37. The molecule has 6 nitrogen and oxygen atoms in total. The molecule has 0 atom stereocenters. The summed E-state index contributed by atoms with van der Waals surface area (Å²) in [5.74, 6) is 0.470. The zero-order valence-corrected chi connectivity index (χ0v) is 12.0. The van der Waals surface area contributed by atoms with E-state index in [1.54, 1.807) is 18.2 Å². The summed E-state index contributed by atoms with van der Waals surface area (Å²) in [5.41, 5.74) is 6.48. The van der Waals surface area contributed by atoms with Gasteiger partial charge in [0.05, 0.1) is 30.1 Å². The quantitative estimate of drug-likeness (QED) is 0.840. The van der Waals surface area contributed by atoms with Crippen LogP contribution in [0.2, 0.25) is 0 Å². The number of methoxy groups -OCH3 is 1. The molecule has 0 spiro atoms. The molecule has 0 saturated carbocycles. The summed E-state index contributed by atoms with van der Waals surface area (Å²) in [6, 6.07) is 12.4. The normalized spacial score (nSPS) is 10.7. The van der Waals surface area contributed by atoms with Crippen LogP contribution >= 0.6 is 0 Å². The molecule has 0 aliphatic rings. The van der Waals surface area contributed by atoms with E-state index in [2.05, 4.69) is 4.72 Å². The highest BCUT2D eigenvalue weighted by atomic mass is 32.2. The highest BCUT2D eigenvalue weighted by Gasteiger charge is 2.18. The van der Waals surface area contributed by atoms with Gasteiger partial charge in [-0.05, 0) is 30.3 Å². The molecule has 0 amide bonds. The Morgan fingerprint density at radius 2 is 2.00 bits per heavy atom. The number of nitrogen functional groups attached to an aromatic ring is 1. The van der Waals surface area contributed by atoms with E-state index >= 15 is 0 Å². The maximum absolute atomic E-state index is 12.3. The number of hydrogen-bond donors (Lipinski definition) is 2. The molecule has 0 saturated heterocycles. The number of sulfonamides is 1. The van der Waals surface area contributed by atoms with E-state index in [9.17, 15) is 8.42 Å². The van der Waals surface area contributed by atoms with Gasteiger partial charge in [0.15, 0.2) is 0 Å². The molecule has 0 radical (unpaired) electrons. The second kappa shape index (κ2) is 5.73. The molecule has 108 valence electrons. The fourth-order valence-electron chi connectivity index (χ4n) is 1.76. The number of hydrogen-bond acceptors (Lipinski definition) is 5. The molecule has 2 rings (SSSR count). The van der Waals surface area contributed by atoms with Gasteiger partial charge in [-0.1, -0.05) is 6.07 Å². The smallest absolute Gasteiger partial charge is 0.263 e. The lowest BCUT2D eigenvalue weighted by Crippen LogP contribution is -2.14. The molecule has 2 aromatic carbocycles. The first-order chi connectivity index (χ1) is 9.96. The maximum atomic E-state index is 12.3. The predicted octanol–water partition coefficient (Wildman–Crippen LogP) is 1.95. The minimum atomic E-state index is -3.83. The Morgan fingerprint density at radius 1 is 1.24 bits per heavy atom. The second-order valence-electron chi connectivity index (χ2n) is 4.20. The van der Waals surface area contributed by atoms with E-state index < -0.39 is 10.0 Å². The number of rotatable bonds is 4. The second-order valence-corrected chi connectivity index (χ2v) is 5.85. The van der Waals surface area contributed by atoms with Crippen molar-refractivity contribution < 1.29 is 13.2 Å². The monoisotopic (exact) mass is 303 g/mol. The zero-order valence-electron chi connectivity index (χ0n) is 11.2. The fraction of sp³-hybridized carbons (Fsp3) is 0.0714. The van der Waals surface area contributed by atoms with Crippen LogP contribution in [0.3, 0.4) is 0 Å². The highest BCUT2D eigenvalue weighted by Crippen LogP contribution is 2.25. The lowest BCUT2D eigenvalue weighted by molar-refractivity contribution is 0.414. The first kappa shape index (κ1) is 14.7. The van der Waals surface area contributed by atoms with E-state index in [0.717, 1.165) is 0 Å². The molecule has 0 unspecified atom stereocenters. The number of nitriles is 1. The summed E-state index contributed by atoms with van der Waals surface area (Å²) in [5, 5.41) is 8.82. The van der Waals surface area contributed by atoms with E-state index in [4.69, 9.17) is 15.7 Å². The summed E-state index contributed by atoms with van der Waals surface area (Å²) < 4.78 is 32.0. The van der Waals surface area contributed by atoms with E-state index in [1.807, 2.05) is 6.07 Å². The number of nitrogens with one attached hydrogen (secondary N) is 1. The van der Waals surface area contributed by atoms with Crippen molar-refractivity contribution in [2.24, 2.45) is 0 Å². The SMILES string of the molecule is COc1ccc(S(=O)(=O)Nc2cccc(C#N)c2)c(N)c1. The van der Waals surface area contributed by atoms with Crippen molar-refractivity contribution in [2.45, 2.75) is 4.90 Å². The van der Waals surface area contributed by atoms with Crippen LogP contribution in [0.4, 0.5) is 11.4 Å². The fourth-order valence-corrected chi connectivity index (χ4v) is 2.92. The van der Waals surface area contributed by atoms with Gasteiger partial charge in [0, 0.05) is 6.07 Å². The van der Waals surface area contributed by atoms with Crippen molar-refractivity contribution in [3.63, 3.8) is 0 Å². The molecule has 21 heavy (non-hydrogen) atoms. The van der Waals surface area contributed by atoms with Crippen LogP contribution in [0.5, 0.6) is 5.75 Å². The molecular weight excluding hydrogens is 290 g/mol. The third kappa shape index (κ3) is 3.24. The van der Waals surface area contributed by atoms with Gasteiger partial charge in [-0.25, -0.2) is 8.42 Å². The summed E-state index contributed by atoms with van der Waals surface area (Å²) in [6.07, 6.45) is 0. The largest absolute Gasteiger partial charge is 0.497 e.